The first-order chi connectivity index (χ1) is 16.1. The Kier molecular flexibility index (Phi) is 7.26. The Labute approximate surface area is 196 Å². The van der Waals surface area contributed by atoms with Gasteiger partial charge in [0.05, 0.1) is 12.9 Å². The van der Waals surface area contributed by atoms with E-state index < -0.39 is 0 Å². The number of rotatable bonds is 9. The van der Waals surface area contributed by atoms with Gasteiger partial charge in [-0.25, -0.2) is 0 Å². The molecule has 7 nitrogen and oxygen atoms in total. The molecule has 1 amide bonds. The van der Waals surface area contributed by atoms with Crippen LogP contribution in [0.2, 0.25) is 0 Å². The normalized spacial score (nSPS) is 10.6. The van der Waals surface area contributed by atoms with Gasteiger partial charge >= 0.3 is 0 Å². The van der Waals surface area contributed by atoms with Crippen LogP contribution in [0.3, 0.4) is 0 Å². The van der Waals surface area contributed by atoms with E-state index in [4.69, 9.17) is 9.47 Å². The molecule has 1 N–H and O–H groups in total. The van der Waals surface area contributed by atoms with Crippen molar-refractivity contribution in [3.8, 4) is 17.2 Å². The van der Waals surface area contributed by atoms with Crippen LogP contribution in [0, 0.1) is 6.92 Å². The highest BCUT2D eigenvalue weighted by Crippen LogP contribution is 2.24. The summed E-state index contributed by atoms with van der Waals surface area (Å²) in [7, 11) is 1.63. The number of hydrogen-bond donors (Lipinski definition) is 1. The molecule has 0 saturated heterocycles. The number of benzene rings is 3. The summed E-state index contributed by atoms with van der Waals surface area (Å²) in [5, 5.41) is 11.9. The first-order valence-electron chi connectivity index (χ1n) is 10.4. The van der Waals surface area contributed by atoms with Gasteiger partial charge in [0.2, 0.25) is 5.91 Å². The van der Waals surface area contributed by atoms with Crippen molar-refractivity contribution in [2.75, 3.05) is 18.2 Å². The highest BCUT2D eigenvalue weighted by atomic mass is 32.2. The summed E-state index contributed by atoms with van der Waals surface area (Å²) in [5.74, 6) is 2.35. The van der Waals surface area contributed by atoms with E-state index >= 15 is 0 Å². The van der Waals surface area contributed by atoms with Crippen LogP contribution < -0.4 is 14.8 Å². The highest BCUT2D eigenvalue weighted by molar-refractivity contribution is 7.99. The van der Waals surface area contributed by atoms with Gasteiger partial charge in [0, 0.05) is 11.4 Å². The molecule has 0 spiro atoms. The third-order valence-corrected chi connectivity index (χ3v) is 5.77. The summed E-state index contributed by atoms with van der Waals surface area (Å²) in [6, 6.07) is 24.9. The second-order valence-corrected chi connectivity index (χ2v) is 8.14. The van der Waals surface area contributed by atoms with Gasteiger partial charge in [-0.15, -0.1) is 10.2 Å². The number of carbonyl (C=O) groups is 1. The van der Waals surface area contributed by atoms with Crippen molar-refractivity contribution >= 4 is 23.4 Å². The maximum atomic E-state index is 12.5. The number of carbonyl (C=O) groups excluding carboxylic acids is 1. The van der Waals surface area contributed by atoms with Crippen molar-refractivity contribution in [2.45, 2.75) is 18.7 Å². The SMILES string of the molecule is COc1ccc(-n2c(C)nnc2SCC(=O)Nc2ccc(OCc3ccccc3)cc2)cc1. The van der Waals surface area contributed by atoms with Gasteiger partial charge in [0.25, 0.3) is 0 Å². The number of anilines is 1. The summed E-state index contributed by atoms with van der Waals surface area (Å²) < 4.78 is 12.9. The van der Waals surface area contributed by atoms with Crippen molar-refractivity contribution in [1.29, 1.82) is 0 Å². The van der Waals surface area contributed by atoms with E-state index in [1.165, 1.54) is 11.8 Å². The Morgan fingerprint density at radius 3 is 2.33 bits per heavy atom. The van der Waals surface area contributed by atoms with Crippen molar-refractivity contribution in [1.82, 2.24) is 14.8 Å². The summed E-state index contributed by atoms with van der Waals surface area (Å²) in [6.45, 7) is 2.38. The topological polar surface area (TPSA) is 78.3 Å². The van der Waals surface area contributed by atoms with Crippen molar-refractivity contribution in [3.63, 3.8) is 0 Å². The lowest BCUT2D eigenvalue weighted by Gasteiger charge is -2.10. The number of aryl methyl sites for hydroxylation is 1. The predicted molar refractivity (Wildman–Crippen MR) is 129 cm³/mol. The molecule has 0 unspecified atom stereocenters. The Morgan fingerprint density at radius 2 is 1.64 bits per heavy atom. The Hall–Kier alpha value is -3.78. The fourth-order valence-corrected chi connectivity index (χ4v) is 3.97. The maximum absolute atomic E-state index is 12.5. The number of hydrogen-bond acceptors (Lipinski definition) is 6. The number of thioether (sulfide) groups is 1. The van der Waals surface area contributed by atoms with Gasteiger partial charge in [-0.3, -0.25) is 9.36 Å². The Balaban J connectivity index is 1.31. The molecule has 3 aromatic carbocycles. The van der Waals surface area contributed by atoms with E-state index in [2.05, 4.69) is 15.5 Å². The van der Waals surface area contributed by atoms with Gasteiger partial charge in [0.1, 0.15) is 23.9 Å². The molecule has 0 aliphatic carbocycles. The lowest BCUT2D eigenvalue weighted by atomic mass is 10.2. The molecule has 168 valence electrons. The molecule has 1 heterocycles. The zero-order valence-electron chi connectivity index (χ0n) is 18.4. The minimum atomic E-state index is -0.125. The number of nitrogens with one attached hydrogen (secondary N) is 1. The first-order valence-corrected chi connectivity index (χ1v) is 11.4. The second kappa shape index (κ2) is 10.7. The molecule has 1 aromatic heterocycles. The van der Waals surface area contributed by atoms with E-state index in [-0.39, 0.29) is 11.7 Å². The Morgan fingerprint density at radius 1 is 0.939 bits per heavy atom. The molecule has 0 bridgehead atoms. The van der Waals surface area contributed by atoms with Crippen LogP contribution in [-0.2, 0) is 11.4 Å². The smallest absolute Gasteiger partial charge is 0.234 e. The third-order valence-electron chi connectivity index (χ3n) is 4.84. The average molecular weight is 461 g/mol. The number of amides is 1. The largest absolute Gasteiger partial charge is 0.497 e. The molecule has 0 atom stereocenters. The highest BCUT2D eigenvalue weighted by Gasteiger charge is 2.14. The van der Waals surface area contributed by atoms with Gasteiger partial charge in [-0.2, -0.15) is 0 Å². The molecule has 0 saturated carbocycles. The monoisotopic (exact) mass is 460 g/mol. The molecular weight excluding hydrogens is 436 g/mol. The van der Waals surface area contributed by atoms with Gasteiger partial charge in [-0.1, -0.05) is 42.1 Å². The zero-order chi connectivity index (χ0) is 23.0. The quantitative estimate of drug-likeness (QED) is 0.358. The third kappa shape index (κ3) is 5.93. The van der Waals surface area contributed by atoms with Crippen LogP contribution in [-0.4, -0.2) is 33.5 Å². The fourth-order valence-electron chi connectivity index (χ4n) is 3.17. The van der Waals surface area contributed by atoms with Crippen LogP contribution in [0.1, 0.15) is 11.4 Å². The zero-order valence-corrected chi connectivity index (χ0v) is 19.2. The van der Waals surface area contributed by atoms with E-state index in [0.717, 1.165) is 28.6 Å². The molecule has 8 heteroatoms. The molecule has 0 aliphatic rings. The van der Waals surface area contributed by atoms with Crippen LogP contribution in [0.15, 0.2) is 84.0 Å². The second-order valence-electron chi connectivity index (χ2n) is 7.20. The fraction of sp³-hybridized carbons (Fsp3) is 0.160. The van der Waals surface area contributed by atoms with Crippen LogP contribution >= 0.6 is 11.8 Å². The average Bonchev–Trinajstić information content (AvgIpc) is 3.23. The Bertz CT molecular complexity index is 1190. The first kappa shape index (κ1) is 22.4. The lowest BCUT2D eigenvalue weighted by Crippen LogP contribution is -2.14. The molecule has 0 fully saturated rings. The van der Waals surface area contributed by atoms with Crippen molar-refractivity contribution in [2.24, 2.45) is 0 Å². The van der Waals surface area contributed by atoms with Crippen molar-refractivity contribution < 1.29 is 14.3 Å². The van der Waals surface area contributed by atoms with Crippen LogP contribution in [0.25, 0.3) is 5.69 Å². The molecular formula is C25H24N4O3S. The van der Waals surface area contributed by atoms with Gasteiger partial charge in [0.15, 0.2) is 5.16 Å². The van der Waals surface area contributed by atoms with E-state index in [9.17, 15) is 4.79 Å². The lowest BCUT2D eigenvalue weighted by molar-refractivity contribution is -0.113. The minimum Gasteiger partial charge on any atom is -0.497 e. The molecule has 0 radical (unpaired) electrons. The van der Waals surface area contributed by atoms with Crippen LogP contribution in [0.5, 0.6) is 11.5 Å². The molecule has 4 aromatic rings. The van der Waals surface area contributed by atoms with Crippen molar-refractivity contribution in [3.05, 3.63) is 90.3 Å². The predicted octanol–water partition coefficient (Wildman–Crippen LogP) is 4.89. The number of nitrogens with zero attached hydrogens (tertiary/aromatic N) is 3. The molecule has 0 aliphatic heterocycles. The molecule has 4 rings (SSSR count). The number of ether oxygens (including phenoxy) is 2. The summed E-state index contributed by atoms with van der Waals surface area (Å²) >= 11 is 1.33. The van der Waals surface area contributed by atoms with E-state index in [0.29, 0.717) is 17.5 Å². The molecule has 33 heavy (non-hydrogen) atoms. The summed E-state index contributed by atoms with van der Waals surface area (Å²) in [6.07, 6.45) is 0. The van der Waals surface area contributed by atoms with Crippen LogP contribution in [0.4, 0.5) is 5.69 Å². The van der Waals surface area contributed by atoms with E-state index in [1.807, 2.05) is 90.4 Å². The summed E-state index contributed by atoms with van der Waals surface area (Å²) in [5.41, 5.74) is 2.72. The summed E-state index contributed by atoms with van der Waals surface area (Å²) in [4.78, 5) is 12.5. The maximum Gasteiger partial charge on any atom is 0.234 e. The van der Waals surface area contributed by atoms with E-state index in [1.54, 1.807) is 7.11 Å². The van der Waals surface area contributed by atoms with Gasteiger partial charge in [-0.05, 0) is 61.0 Å². The number of methoxy groups -OCH3 is 1. The number of aromatic nitrogens is 3. The minimum absolute atomic E-state index is 0.125. The standard InChI is InChI=1S/C25H24N4O3S/c1-18-27-28-25(29(18)21-10-14-22(31-2)15-11-21)33-17-24(30)26-20-8-12-23(13-9-20)32-16-19-6-4-3-5-7-19/h3-15H,16-17H2,1-2H3,(H,26,30). The van der Waals surface area contributed by atoms with Gasteiger partial charge < -0.3 is 14.8 Å².